The molecule has 0 radical (unpaired) electrons. The molecule has 5 nitrogen and oxygen atoms in total. The largest absolute Gasteiger partial charge is 0.329 e. The number of hydrogen-bond donors (Lipinski definition) is 0. The van der Waals surface area contributed by atoms with Gasteiger partial charge in [-0.05, 0) is 36.1 Å². The Labute approximate surface area is 142 Å². The predicted octanol–water partition coefficient (Wildman–Crippen LogP) is 3.11. The van der Waals surface area contributed by atoms with Crippen LogP contribution in [0.5, 0.6) is 0 Å². The molecule has 0 aliphatic carbocycles. The van der Waals surface area contributed by atoms with Crippen molar-refractivity contribution in [2.75, 3.05) is 6.54 Å². The van der Waals surface area contributed by atoms with Crippen molar-refractivity contribution in [2.45, 2.75) is 20.0 Å². The van der Waals surface area contributed by atoms with Gasteiger partial charge in [0.2, 0.25) is 0 Å². The number of halogens is 1. The molecule has 24 heavy (non-hydrogen) atoms. The minimum Gasteiger partial charge on any atom is -0.329 e. The molecule has 1 aliphatic heterocycles. The standard InChI is InChI=1S/C17H15FN4OS/c1-11-19-20-16-10-21(6-7-22(11)16)17(23)13-5-4-12(9-14(13)18)15-3-2-8-24-15/h2-5,8-9H,6-7,10H2,1H3. The van der Waals surface area contributed by atoms with E-state index in [1.54, 1.807) is 28.4 Å². The van der Waals surface area contributed by atoms with E-state index in [2.05, 4.69) is 10.2 Å². The van der Waals surface area contributed by atoms with Gasteiger partial charge in [-0.2, -0.15) is 0 Å². The zero-order valence-electron chi connectivity index (χ0n) is 13.1. The van der Waals surface area contributed by atoms with Crippen LogP contribution in [0.3, 0.4) is 0 Å². The Morgan fingerprint density at radius 3 is 2.88 bits per heavy atom. The highest BCUT2D eigenvalue weighted by Gasteiger charge is 2.26. The summed E-state index contributed by atoms with van der Waals surface area (Å²) in [5.74, 6) is 0.776. The average Bonchev–Trinajstić information content (AvgIpc) is 3.24. The topological polar surface area (TPSA) is 51.0 Å². The summed E-state index contributed by atoms with van der Waals surface area (Å²) in [4.78, 5) is 15.3. The second kappa shape index (κ2) is 5.83. The molecule has 2 aromatic heterocycles. The van der Waals surface area contributed by atoms with Crippen LogP contribution < -0.4 is 0 Å². The van der Waals surface area contributed by atoms with Crippen LogP contribution in [0.2, 0.25) is 0 Å². The molecule has 0 spiro atoms. The number of fused-ring (bicyclic) bond motifs is 1. The van der Waals surface area contributed by atoms with Crippen molar-refractivity contribution in [2.24, 2.45) is 0 Å². The van der Waals surface area contributed by atoms with Crippen LogP contribution in [0.15, 0.2) is 35.7 Å². The quantitative estimate of drug-likeness (QED) is 0.719. The van der Waals surface area contributed by atoms with Crippen molar-refractivity contribution in [3.05, 3.63) is 58.7 Å². The Bertz CT molecular complexity index is 903. The SMILES string of the molecule is Cc1nnc2n1CCN(C(=O)c1ccc(-c3cccs3)cc1F)C2. The molecular weight excluding hydrogens is 327 g/mol. The highest BCUT2D eigenvalue weighted by molar-refractivity contribution is 7.13. The summed E-state index contributed by atoms with van der Waals surface area (Å²) in [7, 11) is 0. The van der Waals surface area contributed by atoms with E-state index in [0.29, 0.717) is 19.6 Å². The molecule has 0 fully saturated rings. The van der Waals surface area contributed by atoms with Crippen LogP contribution in [0, 0.1) is 12.7 Å². The first-order valence-corrected chi connectivity index (χ1v) is 8.53. The number of hydrogen-bond acceptors (Lipinski definition) is 4. The van der Waals surface area contributed by atoms with Crippen molar-refractivity contribution < 1.29 is 9.18 Å². The third kappa shape index (κ3) is 2.50. The monoisotopic (exact) mass is 342 g/mol. The lowest BCUT2D eigenvalue weighted by atomic mass is 10.1. The summed E-state index contributed by atoms with van der Waals surface area (Å²) in [6, 6.07) is 8.63. The minimum atomic E-state index is -0.492. The van der Waals surface area contributed by atoms with Gasteiger partial charge in [-0.15, -0.1) is 21.5 Å². The lowest BCUT2D eigenvalue weighted by Crippen LogP contribution is -2.39. The van der Waals surface area contributed by atoms with Gasteiger partial charge in [0.1, 0.15) is 11.6 Å². The van der Waals surface area contributed by atoms with E-state index in [4.69, 9.17) is 0 Å². The Morgan fingerprint density at radius 1 is 1.25 bits per heavy atom. The third-order valence-electron chi connectivity index (χ3n) is 4.23. The fourth-order valence-corrected chi connectivity index (χ4v) is 3.66. The number of rotatable bonds is 2. The molecule has 0 N–H and O–H groups in total. The number of carbonyl (C=O) groups excluding carboxylic acids is 1. The molecule has 0 bridgehead atoms. The van der Waals surface area contributed by atoms with Gasteiger partial charge in [-0.3, -0.25) is 4.79 Å². The van der Waals surface area contributed by atoms with Gasteiger partial charge in [0.05, 0.1) is 12.1 Å². The van der Waals surface area contributed by atoms with Crippen LogP contribution in [-0.2, 0) is 13.1 Å². The fourth-order valence-electron chi connectivity index (χ4n) is 2.93. The number of amides is 1. The summed E-state index contributed by atoms with van der Waals surface area (Å²) in [5.41, 5.74) is 0.882. The molecule has 0 atom stereocenters. The highest BCUT2D eigenvalue weighted by atomic mass is 32.1. The molecule has 3 aromatic rings. The summed E-state index contributed by atoms with van der Waals surface area (Å²) in [5, 5.41) is 10.0. The van der Waals surface area contributed by atoms with Gasteiger partial charge in [0.15, 0.2) is 5.82 Å². The van der Waals surface area contributed by atoms with Crippen molar-refractivity contribution in [3.63, 3.8) is 0 Å². The number of benzene rings is 1. The first kappa shape index (κ1) is 15.0. The zero-order chi connectivity index (χ0) is 16.7. The first-order chi connectivity index (χ1) is 11.6. The van der Waals surface area contributed by atoms with E-state index in [-0.39, 0.29) is 11.5 Å². The Kier molecular flexibility index (Phi) is 3.65. The van der Waals surface area contributed by atoms with Gasteiger partial charge in [-0.25, -0.2) is 4.39 Å². The van der Waals surface area contributed by atoms with Crippen LogP contribution in [0.1, 0.15) is 22.0 Å². The van der Waals surface area contributed by atoms with Gasteiger partial charge < -0.3 is 9.47 Å². The van der Waals surface area contributed by atoms with E-state index in [0.717, 1.165) is 22.1 Å². The summed E-state index contributed by atoms with van der Waals surface area (Å²) >= 11 is 1.54. The van der Waals surface area contributed by atoms with Crippen molar-refractivity contribution in [1.29, 1.82) is 0 Å². The smallest absolute Gasteiger partial charge is 0.257 e. The molecule has 7 heteroatoms. The maximum Gasteiger partial charge on any atom is 0.257 e. The van der Waals surface area contributed by atoms with Crippen LogP contribution in [0.4, 0.5) is 4.39 Å². The first-order valence-electron chi connectivity index (χ1n) is 7.65. The highest BCUT2D eigenvalue weighted by Crippen LogP contribution is 2.27. The number of aromatic nitrogens is 3. The molecule has 3 heterocycles. The number of nitrogens with zero attached hydrogens (tertiary/aromatic N) is 4. The maximum absolute atomic E-state index is 14.5. The fraction of sp³-hybridized carbons (Fsp3) is 0.235. The van der Waals surface area contributed by atoms with Gasteiger partial charge >= 0.3 is 0 Å². The van der Waals surface area contributed by atoms with E-state index in [1.807, 2.05) is 29.0 Å². The van der Waals surface area contributed by atoms with E-state index in [1.165, 1.54) is 6.07 Å². The van der Waals surface area contributed by atoms with Crippen LogP contribution >= 0.6 is 11.3 Å². The second-order valence-corrected chi connectivity index (χ2v) is 6.66. The lowest BCUT2D eigenvalue weighted by Gasteiger charge is -2.27. The molecule has 0 unspecified atom stereocenters. The van der Waals surface area contributed by atoms with Gasteiger partial charge in [-0.1, -0.05) is 12.1 Å². The molecule has 122 valence electrons. The second-order valence-electron chi connectivity index (χ2n) is 5.71. The summed E-state index contributed by atoms with van der Waals surface area (Å²) in [6.07, 6.45) is 0. The molecule has 1 aromatic carbocycles. The average molecular weight is 342 g/mol. The van der Waals surface area contributed by atoms with Crippen molar-refractivity contribution >= 4 is 17.2 Å². The van der Waals surface area contributed by atoms with Crippen LogP contribution in [0.25, 0.3) is 10.4 Å². The minimum absolute atomic E-state index is 0.0972. The Morgan fingerprint density at radius 2 is 2.12 bits per heavy atom. The molecule has 1 aliphatic rings. The summed E-state index contributed by atoms with van der Waals surface area (Å²) in [6.45, 7) is 3.40. The Hall–Kier alpha value is -2.54. The Balaban J connectivity index is 1.59. The molecule has 0 saturated carbocycles. The normalized spacial score (nSPS) is 13.8. The number of thiophene rings is 1. The van der Waals surface area contributed by atoms with Crippen molar-refractivity contribution in [3.8, 4) is 10.4 Å². The van der Waals surface area contributed by atoms with Crippen LogP contribution in [-0.4, -0.2) is 32.1 Å². The molecule has 4 rings (SSSR count). The number of aryl methyl sites for hydroxylation is 1. The molecule has 1 amide bonds. The number of carbonyl (C=O) groups is 1. The van der Waals surface area contributed by atoms with E-state index < -0.39 is 5.82 Å². The van der Waals surface area contributed by atoms with E-state index >= 15 is 0 Å². The van der Waals surface area contributed by atoms with Gasteiger partial charge in [0.25, 0.3) is 5.91 Å². The molecule has 0 saturated heterocycles. The van der Waals surface area contributed by atoms with E-state index in [9.17, 15) is 9.18 Å². The summed E-state index contributed by atoms with van der Waals surface area (Å²) < 4.78 is 16.5. The van der Waals surface area contributed by atoms with Crippen molar-refractivity contribution in [1.82, 2.24) is 19.7 Å². The zero-order valence-corrected chi connectivity index (χ0v) is 13.9. The lowest BCUT2D eigenvalue weighted by molar-refractivity contribution is 0.0702. The maximum atomic E-state index is 14.5. The third-order valence-corrected chi connectivity index (χ3v) is 5.15. The molecular formula is C17H15FN4OS. The van der Waals surface area contributed by atoms with Gasteiger partial charge in [0, 0.05) is 18.0 Å². The predicted molar refractivity (Wildman–Crippen MR) is 89.2 cm³/mol.